The summed E-state index contributed by atoms with van der Waals surface area (Å²) in [7, 11) is 1.31. The second-order valence-electron chi connectivity index (χ2n) is 6.00. The van der Waals surface area contributed by atoms with Gasteiger partial charge in [-0.05, 0) is 31.5 Å². The molecule has 0 radical (unpaired) electrons. The molecule has 2 aromatic rings. The summed E-state index contributed by atoms with van der Waals surface area (Å²) < 4.78 is 52.5. The number of aryl methyl sites for hydroxylation is 1. The third-order valence-corrected chi connectivity index (χ3v) is 3.88. The molecule has 27 heavy (non-hydrogen) atoms. The second-order valence-corrected chi connectivity index (χ2v) is 6.00. The van der Waals surface area contributed by atoms with Gasteiger partial charge in [-0.3, -0.25) is 0 Å². The topological polar surface area (TPSA) is 54.6 Å². The summed E-state index contributed by atoms with van der Waals surface area (Å²) in [6.45, 7) is 4.32. The highest BCUT2D eigenvalue weighted by Gasteiger charge is 2.31. The molecule has 0 unspecified atom stereocenters. The number of halogens is 3. The zero-order valence-corrected chi connectivity index (χ0v) is 15.4. The van der Waals surface area contributed by atoms with Gasteiger partial charge in [-0.15, -0.1) is 13.2 Å². The first-order valence-corrected chi connectivity index (χ1v) is 8.56. The van der Waals surface area contributed by atoms with E-state index in [1.807, 2.05) is 0 Å². The first-order valence-electron chi connectivity index (χ1n) is 8.56. The normalized spacial score (nSPS) is 11.3. The molecule has 5 nitrogen and oxygen atoms in total. The van der Waals surface area contributed by atoms with Crippen LogP contribution in [0.1, 0.15) is 31.7 Å². The Bertz CT molecular complexity index is 755. The highest BCUT2D eigenvalue weighted by molar-refractivity contribution is 5.69. The summed E-state index contributed by atoms with van der Waals surface area (Å²) in [6, 6.07) is 5.31. The number of nitrogens with zero attached hydrogens (tertiary/aromatic N) is 1. The van der Waals surface area contributed by atoms with Crippen LogP contribution in [-0.4, -0.2) is 20.1 Å². The minimum absolute atomic E-state index is 0.0982. The van der Waals surface area contributed by atoms with E-state index in [-0.39, 0.29) is 11.4 Å². The van der Waals surface area contributed by atoms with Gasteiger partial charge in [-0.25, -0.2) is 0 Å². The van der Waals surface area contributed by atoms with Gasteiger partial charge in [0.1, 0.15) is 11.5 Å². The molecule has 8 heteroatoms. The smallest absolute Gasteiger partial charge is 0.573 e. The summed E-state index contributed by atoms with van der Waals surface area (Å²) >= 11 is 0. The molecule has 0 aliphatic carbocycles. The number of benzene rings is 1. The van der Waals surface area contributed by atoms with Crippen LogP contribution in [0.25, 0.3) is 11.3 Å². The summed E-state index contributed by atoms with van der Waals surface area (Å²) in [5.74, 6) is 0.119. The van der Waals surface area contributed by atoms with Crippen LogP contribution in [0.15, 0.2) is 30.5 Å². The van der Waals surface area contributed by atoms with Crippen molar-refractivity contribution in [1.29, 1.82) is 0 Å². The Labute approximate surface area is 155 Å². The standard InChI is InChI=1S/C19H22F3NO4/c1-4-5-6-9-26-15-10-13(2)18(23(24)12-15)16-8-7-14(11-17(16)25-3)27-19(20,21)22/h7-8,10-12H,4-6,9H2,1-3H3. The second kappa shape index (κ2) is 8.83. The van der Waals surface area contributed by atoms with Crippen LogP contribution in [-0.2, 0) is 0 Å². The van der Waals surface area contributed by atoms with E-state index in [1.54, 1.807) is 13.0 Å². The van der Waals surface area contributed by atoms with Gasteiger partial charge in [0.15, 0.2) is 5.75 Å². The quantitative estimate of drug-likeness (QED) is 0.373. The SMILES string of the molecule is CCCCCOc1cc(C)c(-c2ccc(OC(F)(F)F)cc2OC)[n+]([O-])c1. The maximum absolute atomic E-state index is 12.5. The molecule has 0 bridgehead atoms. The van der Waals surface area contributed by atoms with E-state index >= 15 is 0 Å². The Balaban J connectivity index is 2.31. The highest BCUT2D eigenvalue weighted by Crippen LogP contribution is 2.35. The van der Waals surface area contributed by atoms with E-state index in [1.165, 1.54) is 19.4 Å². The van der Waals surface area contributed by atoms with E-state index < -0.39 is 12.1 Å². The average Bonchev–Trinajstić information content (AvgIpc) is 2.58. The lowest BCUT2D eigenvalue weighted by molar-refractivity contribution is -0.594. The molecule has 0 saturated heterocycles. The number of hydrogen-bond donors (Lipinski definition) is 0. The van der Waals surface area contributed by atoms with E-state index in [0.29, 0.717) is 28.2 Å². The largest absolute Gasteiger partial charge is 0.618 e. The number of alkyl halides is 3. The third kappa shape index (κ3) is 5.67. The fourth-order valence-electron chi connectivity index (χ4n) is 2.69. The summed E-state index contributed by atoms with van der Waals surface area (Å²) in [4.78, 5) is 0. The Morgan fingerprint density at radius 3 is 2.44 bits per heavy atom. The Morgan fingerprint density at radius 2 is 1.85 bits per heavy atom. The number of rotatable bonds is 8. The van der Waals surface area contributed by atoms with Crippen molar-refractivity contribution in [1.82, 2.24) is 0 Å². The predicted octanol–water partition coefficient (Wildman–Crippen LogP) is 4.77. The maximum atomic E-state index is 12.5. The van der Waals surface area contributed by atoms with Gasteiger partial charge in [0.25, 0.3) is 0 Å². The van der Waals surface area contributed by atoms with Crippen LogP contribution >= 0.6 is 0 Å². The van der Waals surface area contributed by atoms with Crippen molar-refractivity contribution < 1.29 is 32.1 Å². The highest BCUT2D eigenvalue weighted by atomic mass is 19.4. The van der Waals surface area contributed by atoms with Crippen LogP contribution in [0.3, 0.4) is 0 Å². The molecule has 0 spiro atoms. The lowest BCUT2D eigenvalue weighted by Crippen LogP contribution is -2.30. The molecule has 1 aromatic heterocycles. The number of unbranched alkanes of at least 4 members (excludes halogenated alkanes) is 2. The van der Waals surface area contributed by atoms with E-state index in [2.05, 4.69) is 11.7 Å². The van der Waals surface area contributed by atoms with Crippen LogP contribution in [0.2, 0.25) is 0 Å². The Morgan fingerprint density at radius 1 is 1.11 bits per heavy atom. The Kier molecular flexibility index (Phi) is 6.76. The molecule has 0 N–H and O–H groups in total. The van der Waals surface area contributed by atoms with Gasteiger partial charge < -0.3 is 19.4 Å². The van der Waals surface area contributed by atoms with Gasteiger partial charge in [-0.1, -0.05) is 19.8 Å². The minimum atomic E-state index is -4.81. The molecule has 0 aliphatic heterocycles. The molecular weight excluding hydrogens is 363 g/mol. The van der Waals surface area contributed by atoms with Gasteiger partial charge >= 0.3 is 6.36 Å². The first kappa shape index (κ1) is 20.7. The average molecular weight is 385 g/mol. The number of methoxy groups -OCH3 is 1. The van der Waals surface area contributed by atoms with Crippen molar-refractivity contribution in [2.45, 2.75) is 39.5 Å². The van der Waals surface area contributed by atoms with Crippen LogP contribution in [0.4, 0.5) is 13.2 Å². The van der Waals surface area contributed by atoms with E-state index in [0.717, 1.165) is 31.4 Å². The molecule has 1 heterocycles. The van der Waals surface area contributed by atoms with Crippen molar-refractivity contribution in [2.75, 3.05) is 13.7 Å². The summed E-state index contributed by atoms with van der Waals surface area (Å²) in [6.07, 6.45) is -0.509. The van der Waals surface area contributed by atoms with E-state index in [4.69, 9.17) is 9.47 Å². The van der Waals surface area contributed by atoms with E-state index in [9.17, 15) is 18.4 Å². The van der Waals surface area contributed by atoms with Gasteiger partial charge in [0.05, 0.1) is 19.3 Å². The van der Waals surface area contributed by atoms with Crippen molar-refractivity contribution in [3.63, 3.8) is 0 Å². The Hall–Kier alpha value is -2.64. The monoisotopic (exact) mass is 385 g/mol. The van der Waals surface area contributed by atoms with Crippen molar-refractivity contribution in [3.8, 4) is 28.5 Å². The lowest BCUT2D eigenvalue weighted by atomic mass is 10.1. The van der Waals surface area contributed by atoms with Crippen molar-refractivity contribution in [3.05, 3.63) is 41.2 Å². The molecule has 148 valence electrons. The molecule has 0 saturated carbocycles. The maximum Gasteiger partial charge on any atom is 0.573 e. The number of aromatic nitrogens is 1. The molecular formula is C19H22F3NO4. The van der Waals surface area contributed by atoms with Crippen molar-refractivity contribution in [2.24, 2.45) is 0 Å². The van der Waals surface area contributed by atoms with Crippen molar-refractivity contribution >= 4 is 0 Å². The van der Waals surface area contributed by atoms with Gasteiger partial charge in [0.2, 0.25) is 11.9 Å². The van der Waals surface area contributed by atoms with Gasteiger partial charge in [-0.2, -0.15) is 4.73 Å². The fourth-order valence-corrected chi connectivity index (χ4v) is 2.69. The van der Waals surface area contributed by atoms with Crippen LogP contribution < -0.4 is 18.9 Å². The zero-order chi connectivity index (χ0) is 20.0. The number of pyridine rings is 1. The minimum Gasteiger partial charge on any atom is -0.618 e. The summed E-state index contributed by atoms with van der Waals surface area (Å²) in [5, 5.41) is 12.5. The zero-order valence-electron chi connectivity index (χ0n) is 15.4. The number of hydrogen-bond acceptors (Lipinski definition) is 4. The molecule has 0 amide bonds. The van der Waals surface area contributed by atoms with Crippen LogP contribution in [0.5, 0.6) is 17.2 Å². The third-order valence-electron chi connectivity index (χ3n) is 3.88. The molecule has 0 atom stereocenters. The van der Waals surface area contributed by atoms with Crippen LogP contribution in [0, 0.1) is 12.1 Å². The molecule has 0 aliphatic rings. The fraction of sp³-hybridized carbons (Fsp3) is 0.421. The predicted molar refractivity (Wildman–Crippen MR) is 93.8 cm³/mol. The lowest BCUT2D eigenvalue weighted by Gasteiger charge is -2.15. The summed E-state index contributed by atoms with van der Waals surface area (Å²) in [5.41, 5.74) is 1.24. The molecule has 2 rings (SSSR count). The first-order chi connectivity index (χ1) is 12.7. The molecule has 1 aromatic carbocycles. The number of ether oxygens (including phenoxy) is 3. The molecule has 0 fully saturated rings. The van der Waals surface area contributed by atoms with Gasteiger partial charge in [0, 0.05) is 11.6 Å².